The number of para-hydroxylation sites is 1. The Kier molecular flexibility index (Phi) is 4.28. The van der Waals surface area contributed by atoms with Crippen LogP contribution in [-0.2, 0) is 6.18 Å². The molecule has 5 heteroatoms. The highest BCUT2D eigenvalue weighted by Crippen LogP contribution is 2.36. The van der Waals surface area contributed by atoms with E-state index in [1.807, 2.05) is 12.1 Å². The molecule has 0 fully saturated rings. The van der Waals surface area contributed by atoms with Crippen LogP contribution in [0.5, 0.6) is 0 Å². The topological polar surface area (TPSA) is 12.4 Å². The molecule has 0 aliphatic carbocycles. The van der Waals surface area contributed by atoms with Crippen LogP contribution >= 0.6 is 15.9 Å². The van der Waals surface area contributed by atoms with Crippen LogP contribution in [0.4, 0.5) is 18.9 Å². The molecule has 0 bridgehead atoms. The number of rotatable bonds is 2. The Labute approximate surface area is 123 Å². The Morgan fingerprint density at radius 3 is 2.20 bits per heavy atom. The lowest BCUT2D eigenvalue weighted by Crippen LogP contribution is -2.05. The number of nitrogens with zero attached hydrogens (tertiary/aromatic N) is 1. The Bertz CT molecular complexity index is 630. The van der Waals surface area contributed by atoms with Crippen LogP contribution < -0.4 is 0 Å². The summed E-state index contributed by atoms with van der Waals surface area (Å²) in [6.07, 6.45) is -4.40. The summed E-state index contributed by atoms with van der Waals surface area (Å²) in [5.74, 6) is 0. The van der Waals surface area contributed by atoms with Crippen LogP contribution in [0, 0.1) is 0 Å². The van der Waals surface area contributed by atoms with Gasteiger partial charge >= 0.3 is 6.18 Å². The standard InChI is InChI=1S/C15H11BrF3N/c1-10(11-6-8-12(16)9-7-11)20-14-5-3-2-4-13(14)15(17,18)19/h2-9H,1H3. The van der Waals surface area contributed by atoms with Crippen molar-refractivity contribution < 1.29 is 13.2 Å². The summed E-state index contributed by atoms with van der Waals surface area (Å²) in [4.78, 5) is 4.11. The lowest BCUT2D eigenvalue weighted by Gasteiger charge is -2.10. The van der Waals surface area contributed by atoms with Gasteiger partial charge in [0.25, 0.3) is 0 Å². The van der Waals surface area contributed by atoms with E-state index in [1.54, 1.807) is 25.1 Å². The molecule has 2 aromatic carbocycles. The summed E-state index contributed by atoms with van der Waals surface area (Å²) in [6, 6.07) is 12.6. The van der Waals surface area contributed by atoms with Gasteiger partial charge in [0.2, 0.25) is 0 Å². The van der Waals surface area contributed by atoms with Crippen molar-refractivity contribution in [2.24, 2.45) is 4.99 Å². The van der Waals surface area contributed by atoms with Crippen molar-refractivity contribution in [2.45, 2.75) is 13.1 Å². The SMILES string of the molecule is CC(=Nc1ccccc1C(F)(F)F)c1ccc(Br)cc1. The van der Waals surface area contributed by atoms with Gasteiger partial charge in [-0.2, -0.15) is 13.2 Å². The van der Waals surface area contributed by atoms with Crippen molar-refractivity contribution >= 4 is 27.3 Å². The molecule has 0 aliphatic rings. The molecule has 0 unspecified atom stereocenters. The van der Waals surface area contributed by atoms with Crippen molar-refractivity contribution in [1.29, 1.82) is 0 Å². The first-order chi connectivity index (χ1) is 9.38. The van der Waals surface area contributed by atoms with E-state index >= 15 is 0 Å². The van der Waals surface area contributed by atoms with Gasteiger partial charge < -0.3 is 0 Å². The van der Waals surface area contributed by atoms with Gasteiger partial charge in [0, 0.05) is 10.2 Å². The first-order valence-electron chi connectivity index (χ1n) is 5.85. The molecule has 2 aromatic rings. The second-order valence-corrected chi connectivity index (χ2v) is 5.13. The van der Waals surface area contributed by atoms with E-state index in [2.05, 4.69) is 20.9 Å². The molecule has 0 N–H and O–H groups in total. The van der Waals surface area contributed by atoms with E-state index in [1.165, 1.54) is 12.1 Å². The van der Waals surface area contributed by atoms with Crippen LogP contribution in [0.2, 0.25) is 0 Å². The predicted molar refractivity (Wildman–Crippen MR) is 77.5 cm³/mol. The minimum Gasteiger partial charge on any atom is -0.253 e. The third kappa shape index (κ3) is 3.48. The molecule has 1 nitrogen and oxygen atoms in total. The number of aliphatic imine (C=N–C) groups is 1. The Morgan fingerprint density at radius 2 is 1.60 bits per heavy atom. The molecule has 2 rings (SSSR count). The highest BCUT2D eigenvalue weighted by molar-refractivity contribution is 9.10. The number of alkyl halides is 3. The molecule has 0 aliphatic heterocycles. The Balaban J connectivity index is 2.43. The Hall–Kier alpha value is -1.62. The maximum Gasteiger partial charge on any atom is 0.418 e. The predicted octanol–water partition coefficient (Wildman–Crippen LogP) is 5.61. The number of hydrogen-bond donors (Lipinski definition) is 0. The van der Waals surface area contributed by atoms with Crippen molar-refractivity contribution in [3.8, 4) is 0 Å². The highest BCUT2D eigenvalue weighted by Gasteiger charge is 2.33. The zero-order chi connectivity index (χ0) is 14.8. The molecule has 0 radical (unpaired) electrons. The van der Waals surface area contributed by atoms with E-state index in [9.17, 15) is 13.2 Å². The third-order valence-corrected chi connectivity index (χ3v) is 3.29. The number of halogens is 4. The maximum atomic E-state index is 12.9. The first-order valence-corrected chi connectivity index (χ1v) is 6.64. The fraction of sp³-hybridized carbons (Fsp3) is 0.133. The molecule has 0 atom stereocenters. The summed E-state index contributed by atoms with van der Waals surface area (Å²) in [5, 5.41) is 0. The van der Waals surface area contributed by atoms with Gasteiger partial charge in [-0.05, 0) is 36.8 Å². The molecule has 104 valence electrons. The fourth-order valence-corrected chi connectivity index (χ4v) is 2.01. The average molecular weight is 342 g/mol. The zero-order valence-electron chi connectivity index (χ0n) is 10.6. The van der Waals surface area contributed by atoms with Gasteiger partial charge in [0.05, 0.1) is 11.3 Å². The van der Waals surface area contributed by atoms with Crippen molar-refractivity contribution in [2.75, 3.05) is 0 Å². The molecular weight excluding hydrogens is 331 g/mol. The third-order valence-electron chi connectivity index (χ3n) is 2.76. The van der Waals surface area contributed by atoms with E-state index in [-0.39, 0.29) is 5.69 Å². The molecule has 0 saturated heterocycles. The number of benzene rings is 2. The molecule has 0 spiro atoms. The van der Waals surface area contributed by atoms with Crippen molar-refractivity contribution in [1.82, 2.24) is 0 Å². The van der Waals surface area contributed by atoms with Gasteiger partial charge in [0.15, 0.2) is 0 Å². The maximum absolute atomic E-state index is 12.9. The van der Waals surface area contributed by atoms with Crippen LogP contribution in [0.15, 0.2) is 58.0 Å². The quantitative estimate of drug-likeness (QED) is 0.629. The van der Waals surface area contributed by atoms with Gasteiger partial charge in [0.1, 0.15) is 0 Å². The molecular formula is C15H11BrF3N. The van der Waals surface area contributed by atoms with Gasteiger partial charge in [-0.25, -0.2) is 0 Å². The van der Waals surface area contributed by atoms with E-state index in [4.69, 9.17) is 0 Å². The summed E-state index contributed by atoms with van der Waals surface area (Å²) >= 11 is 3.31. The van der Waals surface area contributed by atoms with Crippen LogP contribution in [0.1, 0.15) is 18.1 Å². The smallest absolute Gasteiger partial charge is 0.253 e. The van der Waals surface area contributed by atoms with Gasteiger partial charge in [-0.1, -0.05) is 40.2 Å². The first kappa shape index (κ1) is 14.8. The molecule has 0 heterocycles. The largest absolute Gasteiger partial charge is 0.418 e. The fourth-order valence-electron chi connectivity index (χ4n) is 1.75. The monoisotopic (exact) mass is 341 g/mol. The minimum absolute atomic E-state index is 0.0691. The van der Waals surface area contributed by atoms with Gasteiger partial charge in [-0.3, -0.25) is 4.99 Å². The molecule has 0 saturated carbocycles. The van der Waals surface area contributed by atoms with E-state index in [0.717, 1.165) is 16.1 Å². The van der Waals surface area contributed by atoms with E-state index < -0.39 is 11.7 Å². The Morgan fingerprint density at radius 1 is 1.00 bits per heavy atom. The lowest BCUT2D eigenvalue weighted by molar-refractivity contribution is -0.137. The molecule has 0 aromatic heterocycles. The minimum atomic E-state index is -4.40. The summed E-state index contributed by atoms with van der Waals surface area (Å²) in [5.41, 5.74) is 0.524. The second-order valence-electron chi connectivity index (χ2n) is 4.22. The lowest BCUT2D eigenvalue weighted by atomic mass is 10.1. The van der Waals surface area contributed by atoms with Gasteiger partial charge in [-0.15, -0.1) is 0 Å². The summed E-state index contributed by atoms with van der Waals surface area (Å²) < 4.78 is 39.5. The average Bonchev–Trinajstić information content (AvgIpc) is 2.38. The molecule has 20 heavy (non-hydrogen) atoms. The second kappa shape index (κ2) is 5.79. The number of hydrogen-bond acceptors (Lipinski definition) is 1. The van der Waals surface area contributed by atoms with Crippen LogP contribution in [0.3, 0.4) is 0 Å². The zero-order valence-corrected chi connectivity index (χ0v) is 12.2. The highest BCUT2D eigenvalue weighted by atomic mass is 79.9. The van der Waals surface area contributed by atoms with E-state index in [0.29, 0.717) is 5.71 Å². The van der Waals surface area contributed by atoms with Crippen LogP contribution in [0.25, 0.3) is 0 Å². The normalized spacial score (nSPS) is 12.6. The van der Waals surface area contributed by atoms with Crippen molar-refractivity contribution in [3.63, 3.8) is 0 Å². The van der Waals surface area contributed by atoms with Crippen LogP contribution in [-0.4, -0.2) is 5.71 Å². The summed E-state index contributed by atoms with van der Waals surface area (Å²) in [7, 11) is 0. The molecule has 0 amide bonds. The van der Waals surface area contributed by atoms with Crippen molar-refractivity contribution in [3.05, 3.63) is 64.1 Å². The summed E-state index contributed by atoms with van der Waals surface area (Å²) in [6.45, 7) is 1.69.